The summed E-state index contributed by atoms with van der Waals surface area (Å²) in [4.78, 5) is 155. The highest BCUT2D eigenvalue weighted by molar-refractivity contribution is 5.98. The molecule has 12 unspecified atom stereocenters. The lowest BCUT2D eigenvalue weighted by Crippen LogP contribution is -2.49. The predicted octanol–water partition coefficient (Wildman–Crippen LogP) is 3.88. The van der Waals surface area contributed by atoms with Crippen molar-refractivity contribution in [1.29, 1.82) is 0 Å². The Morgan fingerprint density at radius 1 is 0.379 bits per heavy atom. The molecule has 18 rings (SSSR count). The molecule has 9 N–H and O–H groups in total. The van der Waals surface area contributed by atoms with Gasteiger partial charge in [-0.15, -0.1) is 0 Å². The molecule has 0 aliphatic carbocycles. The number of ether oxygens (including phenoxy) is 9. The average Bonchev–Trinajstić information content (AvgIpc) is 1.59. The molecule has 116 heavy (non-hydrogen) atoms. The summed E-state index contributed by atoms with van der Waals surface area (Å²) in [7, 11) is 1.48. The number of carbonyl (C=O) groups excluding carboxylic acids is 6. The number of urea groups is 3. The van der Waals surface area contributed by atoms with Crippen LogP contribution >= 0.6 is 0 Å². The number of aromatic nitrogens is 12. The number of hydrogen-bond donors (Lipinski definition) is 9. The van der Waals surface area contributed by atoms with Crippen LogP contribution in [0.5, 0.6) is 0 Å². The molecule has 9 fully saturated rings. The molecular formula is C74H79N21O21. The lowest BCUT2D eigenvalue weighted by atomic mass is 10.1. The van der Waals surface area contributed by atoms with E-state index in [1.54, 1.807) is 27.5 Å². The van der Waals surface area contributed by atoms with E-state index in [0.29, 0.717) is 105 Å². The summed E-state index contributed by atoms with van der Waals surface area (Å²) in [6, 6.07) is 23.8. The lowest BCUT2D eigenvalue weighted by molar-refractivity contribution is -0.171. The SMILES string of the molecule is CCNC(=O)Nc1ncnc2c1ncn2C1OC(C(=O)N2CCC[C@H]2C(=O)O)C2O[C@H](c3ccccc3)OC21.CCNC(=O)Nc1ncnc2c1ncn2C1OC(C(=O)N2CCC[C@H]2C(=O)O)C2O[C@H](c3ccccc3)OC21.CNC(=O)Nc1ncnc2c1ncn2C1OC(C(=O)N2CCC[C@H]2C(=O)O)C2O[C@H](c3ccccc3)OC21. The molecule has 9 aromatic rings. The van der Waals surface area contributed by atoms with Crippen LogP contribution in [0.25, 0.3) is 33.5 Å². The van der Waals surface area contributed by atoms with Crippen molar-refractivity contribution in [2.24, 2.45) is 0 Å². The number of anilines is 3. The standard InChI is InChI=1S/2C25H27N7O7.C24H25N7O7/c2*1-2-26-25(36)30-19-15-20(28-11-27-19)32(12-29-15)22-18-16(38-24(39-18)13-7-4-3-5-8-13)17(37-22)21(33)31-10-6-9-14(31)23(34)35;1-25-24(35)29-18-14-19(27-10-26-18)31(11-28-14)21-17-15(37-23(38-17)12-6-3-2-4-7-12)16(36-21)20(32)30-9-5-8-13(30)22(33)34/h2*3-5,7-8,11-12,14,16-18,22,24H,2,6,9-10H2,1H3,(H,34,35)(H2,26,27,28,30,36);2-4,6-7,10-11,13,15-17,21,23H,5,8-9H2,1H3,(H,33,34)(H2,25,26,27,29,35)/t2*14-,16?,17?,18?,22?,24-;13-,15?,16?,17?,21?,23-/m000/s1. The van der Waals surface area contributed by atoms with Crippen molar-refractivity contribution in [3.8, 4) is 0 Å². The molecule has 15 heterocycles. The normalized spacial score (nSPS) is 28.1. The van der Waals surface area contributed by atoms with Crippen LogP contribution in [-0.4, -0.2) is 255 Å². The second-order valence-electron chi connectivity index (χ2n) is 28.1. The molecule has 606 valence electrons. The molecule has 0 bridgehead atoms. The molecule has 42 nitrogen and oxygen atoms in total. The van der Waals surface area contributed by atoms with E-state index >= 15 is 0 Å². The van der Waals surface area contributed by atoms with E-state index in [1.807, 2.05) is 91.0 Å². The van der Waals surface area contributed by atoms with E-state index < -0.39 is 164 Å². The van der Waals surface area contributed by atoms with E-state index in [1.165, 1.54) is 59.7 Å². The van der Waals surface area contributed by atoms with E-state index in [2.05, 4.69) is 76.8 Å². The van der Waals surface area contributed by atoms with Gasteiger partial charge in [-0.1, -0.05) is 91.0 Å². The Balaban J connectivity index is 0.000000131. The van der Waals surface area contributed by atoms with Crippen LogP contribution in [0, 0.1) is 0 Å². The van der Waals surface area contributed by atoms with Crippen molar-refractivity contribution >= 4 is 105 Å². The molecule has 3 aromatic carbocycles. The third kappa shape index (κ3) is 14.9. The molecule has 18 atom stereocenters. The Morgan fingerprint density at radius 3 is 0.940 bits per heavy atom. The maximum absolute atomic E-state index is 13.7. The van der Waals surface area contributed by atoms with Crippen LogP contribution in [0.3, 0.4) is 0 Å². The highest BCUT2D eigenvalue weighted by Crippen LogP contribution is 2.50. The maximum Gasteiger partial charge on any atom is 0.326 e. The highest BCUT2D eigenvalue weighted by atomic mass is 16.8. The quantitative estimate of drug-likeness (QED) is 0.0624. The number of likely N-dealkylation sites (tertiary alicyclic amines) is 3. The number of fused-ring (bicyclic) bond motifs is 6. The number of rotatable bonds is 17. The second kappa shape index (κ2) is 33.2. The predicted molar refractivity (Wildman–Crippen MR) is 395 cm³/mol. The zero-order chi connectivity index (χ0) is 80.6. The summed E-state index contributed by atoms with van der Waals surface area (Å²) in [5, 5.41) is 44.6. The first kappa shape index (κ1) is 77.5. The number of hydrogen-bond acceptors (Lipinski definition) is 27. The minimum Gasteiger partial charge on any atom is -0.480 e. The Hall–Kier alpha value is -12.4. The molecule has 9 saturated heterocycles. The molecule has 9 amide bonds. The molecule has 0 saturated carbocycles. The smallest absolute Gasteiger partial charge is 0.326 e. The van der Waals surface area contributed by atoms with Gasteiger partial charge < -0.3 is 88.6 Å². The van der Waals surface area contributed by atoms with E-state index in [9.17, 15) is 58.5 Å². The number of amides is 9. The zero-order valence-corrected chi connectivity index (χ0v) is 62.2. The number of carboxylic acid groups (broad SMARTS) is 3. The van der Waals surface area contributed by atoms with E-state index in [4.69, 9.17) is 42.6 Å². The Bertz CT molecular complexity index is 4970. The Kier molecular flexibility index (Phi) is 22.2. The summed E-state index contributed by atoms with van der Waals surface area (Å²) in [6.45, 7) is 5.40. The van der Waals surface area contributed by atoms with Gasteiger partial charge in [0.2, 0.25) is 0 Å². The van der Waals surface area contributed by atoms with Crippen LogP contribution in [0.15, 0.2) is 129 Å². The van der Waals surface area contributed by atoms with Crippen molar-refractivity contribution in [2.75, 3.05) is 55.7 Å². The second-order valence-corrected chi connectivity index (χ2v) is 28.1. The van der Waals surface area contributed by atoms with E-state index in [0.717, 1.165) is 16.7 Å². The van der Waals surface area contributed by atoms with Gasteiger partial charge in [-0.05, 0) is 52.4 Å². The van der Waals surface area contributed by atoms with Crippen molar-refractivity contribution in [3.63, 3.8) is 0 Å². The third-order valence-corrected chi connectivity index (χ3v) is 21.2. The number of carboxylic acids is 3. The maximum atomic E-state index is 13.7. The van der Waals surface area contributed by atoms with Crippen LogP contribution in [0.2, 0.25) is 0 Å². The number of nitrogens with zero attached hydrogens (tertiary/aromatic N) is 15. The number of carbonyl (C=O) groups is 9. The van der Waals surface area contributed by atoms with Crippen molar-refractivity contribution in [3.05, 3.63) is 146 Å². The number of nitrogens with one attached hydrogen (secondary N) is 6. The summed E-state index contributed by atoms with van der Waals surface area (Å²) in [6.07, 6.45) is -1.68. The van der Waals surface area contributed by atoms with Gasteiger partial charge in [0, 0.05) is 56.5 Å². The van der Waals surface area contributed by atoms with Crippen molar-refractivity contribution < 1.29 is 101 Å². The molecule has 0 radical (unpaired) electrons. The molecular weight excluding hydrogens is 1520 g/mol. The average molecular weight is 1600 g/mol. The zero-order valence-electron chi connectivity index (χ0n) is 62.2. The van der Waals surface area contributed by atoms with Gasteiger partial charge in [-0.2, -0.15) is 0 Å². The van der Waals surface area contributed by atoms with Gasteiger partial charge >= 0.3 is 36.0 Å². The lowest BCUT2D eigenvalue weighted by Gasteiger charge is -2.27. The largest absolute Gasteiger partial charge is 0.480 e. The fourth-order valence-corrected chi connectivity index (χ4v) is 15.9. The first-order chi connectivity index (χ1) is 56.4. The van der Waals surface area contributed by atoms with Gasteiger partial charge in [-0.3, -0.25) is 44.0 Å². The fraction of sp³-hybridized carbons (Fsp3) is 0.432. The fourth-order valence-electron chi connectivity index (χ4n) is 15.9. The van der Waals surface area contributed by atoms with Crippen molar-refractivity contribution in [1.82, 2.24) is 89.2 Å². The number of benzene rings is 3. The van der Waals surface area contributed by atoms with Crippen molar-refractivity contribution in [2.45, 2.75) is 163 Å². The Labute approximate surface area is 656 Å². The Morgan fingerprint density at radius 2 is 0.664 bits per heavy atom. The van der Waals surface area contributed by atoms with Crippen LogP contribution in [-0.2, 0) is 71.4 Å². The highest BCUT2D eigenvalue weighted by Gasteiger charge is 2.62. The first-order valence-corrected chi connectivity index (χ1v) is 37.6. The van der Waals surface area contributed by atoms with Gasteiger partial charge in [0.1, 0.15) is 73.7 Å². The van der Waals surface area contributed by atoms with E-state index in [-0.39, 0.29) is 17.5 Å². The van der Waals surface area contributed by atoms with Crippen LogP contribution < -0.4 is 31.9 Å². The van der Waals surface area contributed by atoms with Gasteiger partial charge in [0.15, 0.2) is 107 Å². The summed E-state index contributed by atoms with van der Waals surface area (Å²) < 4.78 is 61.1. The molecule has 6 aromatic heterocycles. The third-order valence-electron chi connectivity index (χ3n) is 21.2. The van der Waals surface area contributed by atoms with Crippen LogP contribution in [0.1, 0.15) is 107 Å². The summed E-state index contributed by atoms with van der Waals surface area (Å²) in [5.74, 6) is -3.95. The number of aliphatic carboxylic acids is 3. The van der Waals surface area contributed by atoms with Gasteiger partial charge in [-0.25, -0.2) is 73.6 Å². The molecule has 0 spiro atoms. The molecule has 9 aliphatic rings. The number of imidazole rings is 3. The van der Waals surface area contributed by atoms with Crippen LogP contribution in [0.4, 0.5) is 31.8 Å². The minimum absolute atomic E-state index is 0.197. The molecule has 42 heteroatoms. The summed E-state index contributed by atoms with van der Waals surface area (Å²) in [5.41, 5.74) is 4.32. The summed E-state index contributed by atoms with van der Waals surface area (Å²) >= 11 is 0. The van der Waals surface area contributed by atoms with Gasteiger partial charge in [0.05, 0.1) is 19.0 Å². The minimum atomic E-state index is -1.11. The molecule has 9 aliphatic heterocycles. The monoisotopic (exact) mass is 1600 g/mol. The first-order valence-electron chi connectivity index (χ1n) is 37.6. The van der Waals surface area contributed by atoms with Gasteiger partial charge in [0.25, 0.3) is 17.7 Å². The topological polar surface area (TPSA) is 510 Å².